The standard InChI is InChI=1S/C19H25N3O/c1-15(18-5-3-4-6-19(18)20)21-11-13-22(14-12-21)16-7-9-17(23-2)10-8-16/h3-10,15H,11-14,20H2,1-2H3. The fraction of sp³-hybridized carbons (Fsp3) is 0.368. The summed E-state index contributed by atoms with van der Waals surface area (Å²) in [6.45, 7) is 6.39. The number of methoxy groups -OCH3 is 1. The predicted octanol–water partition coefficient (Wildman–Crippen LogP) is 3.16. The van der Waals surface area contributed by atoms with Gasteiger partial charge in [-0.1, -0.05) is 18.2 Å². The van der Waals surface area contributed by atoms with Crippen LogP contribution in [0.2, 0.25) is 0 Å². The van der Waals surface area contributed by atoms with Gasteiger partial charge in [-0.25, -0.2) is 0 Å². The van der Waals surface area contributed by atoms with E-state index in [4.69, 9.17) is 10.5 Å². The van der Waals surface area contributed by atoms with E-state index >= 15 is 0 Å². The van der Waals surface area contributed by atoms with E-state index < -0.39 is 0 Å². The first-order valence-corrected chi connectivity index (χ1v) is 8.16. The molecule has 4 heteroatoms. The third-order valence-electron chi connectivity index (χ3n) is 4.75. The van der Waals surface area contributed by atoms with Crippen LogP contribution in [0.3, 0.4) is 0 Å². The van der Waals surface area contributed by atoms with Crippen LogP contribution in [0, 0.1) is 0 Å². The molecule has 0 saturated carbocycles. The second-order valence-corrected chi connectivity index (χ2v) is 6.03. The van der Waals surface area contributed by atoms with E-state index in [1.165, 1.54) is 11.3 Å². The molecule has 1 heterocycles. The molecule has 1 aliphatic heterocycles. The molecule has 3 rings (SSSR count). The zero-order valence-electron chi connectivity index (χ0n) is 13.9. The summed E-state index contributed by atoms with van der Waals surface area (Å²) < 4.78 is 5.23. The van der Waals surface area contributed by atoms with Gasteiger partial charge in [-0.15, -0.1) is 0 Å². The van der Waals surface area contributed by atoms with Crippen LogP contribution in [0.25, 0.3) is 0 Å². The highest BCUT2D eigenvalue weighted by atomic mass is 16.5. The average molecular weight is 311 g/mol. The van der Waals surface area contributed by atoms with Crippen molar-refractivity contribution in [1.29, 1.82) is 0 Å². The fourth-order valence-corrected chi connectivity index (χ4v) is 3.25. The topological polar surface area (TPSA) is 41.7 Å². The number of anilines is 2. The molecule has 1 atom stereocenters. The van der Waals surface area contributed by atoms with Gasteiger partial charge in [0, 0.05) is 43.6 Å². The molecular formula is C19H25N3O. The van der Waals surface area contributed by atoms with Crippen molar-refractivity contribution in [3.63, 3.8) is 0 Å². The van der Waals surface area contributed by atoms with E-state index in [1.807, 2.05) is 24.3 Å². The summed E-state index contributed by atoms with van der Waals surface area (Å²) in [5, 5.41) is 0. The lowest BCUT2D eigenvalue weighted by Crippen LogP contribution is -2.47. The maximum Gasteiger partial charge on any atom is 0.119 e. The first-order chi connectivity index (χ1) is 11.2. The molecule has 2 aromatic rings. The monoisotopic (exact) mass is 311 g/mol. The van der Waals surface area contributed by atoms with Crippen molar-refractivity contribution in [2.45, 2.75) is 13.0 Å². The van der Waals surface area contributed by atoms with Crippen LogP contribution < -0.4 is 15.4 Å². The molecule has 0 aromatic heterocycles. The van der Waals surface area contributed by atoms with E-state index in [0.717, 1.165) is 37.6 Å². The number of para-hydroxylation sites is 1. The predicted molar refractivity (Wildman–Crippen MR) is 96.0 cm³/mol. The third kappa shape index (κ3) is 3.42. The SMILES string of the molecule is COc1ccc(N2CCN(C(C)c3ccccc3N)CC2)cc1. The highest BCUT2D eigenvalue weighted by molar-refractivity contribution is 5.50. The Labute approximate surface area is 138 Å². The van der Waals surface area contributed by atoms with Gasteiger partial charge in [-0.2, -0.15) is 0 Å². The summed E-state index contributed by atoms with van der Waals surface area (Å²) >= 11 is 0. The van der Waals surface area contributed by atoms with Crippen LogP contribution >= 0.6 is 0 Å². The Hall–Kier alpha value is -2.20. The van der Waals surface area contributed by atoms with Crippen molar-refractivity contribution in [3.8, 4) is 5.75 Å². The van der Waals surface area contributed by atoms with Gasteiger partial charge in [-0.05, 0) is 42.8 Å². The zero-order chi connectivity index (χ0) is 16.2. The molecule has 1 unspecified atom stereocenters. The molecule has 1 saturated heterocycles. The second kappa shape index (κ2) is 6.92. The summed E-state index contributed by atoms with van der Waals surface area (Å²) in [4.78, 5) is 4.93. The summed E-state index contributed by atoms with van der Waals surface area (Å²) in [6, 6.07) is 16.8. The molecule has 4 nitrogen and oxygen atoms in total. The molecule has 1 aliphatic rings. The van der Waals surface area contributed by atoms with Crippen LogP contribution in [0.5, 0.6) is 5.75 Å². The molecule has 1 fully saturated rings. The van der Waals surface area contributed by atoms with Crippen molar-refractivity contribution in [1.82, 2.24) is 4.90 Å². The molecule has 23 heavy (non-hydrogen) atoms. The van der Waals surface area contributed by atoms with Gasteiger partial charge in [0.2, 0.25) is 0 Å². The minimum Gasteiger partial charge on any atom is -0.497 e. The summed E-state index contributed by atoms with van der Waals surface area (Å²) in [7, 11) is 1.70. The minimum atomic E-state index is 0.356. The largest absolute Gasteiger partial charge is 0.497 e. The van der Waals surface area contributed by atoms with Crippen LogP contribution in [0.15, 0.2) is 48.5 Å². The normalized spacial score (nSPS) is 17.0. The highest BCUT2D eigenvalue weighted by Crippen LogP contribution is 2.27. The van der Waals surface area contributed by atoms with Gasteiger partial charge in [0.15, 0.2) is 0 Å². The molecular weight excluding hydrogens is 286 g/mol. The summed E-state index contributed by atoms with van der Waals surface area (Å²) in [5.74, 6) is 0.903. The Morgan fingerprint density at radius 2 is 1.61 bits per heavy atom. The Kier molecular flexibility index (Phi) is 4.72. The number of nitrogens with two attached hydrogens (primary N) is 1. The number of rotatable bonds is 4. The Morgan fingerprint density at radius 1 is 0.957 bits per heavy atom. The Morgan fingerprint density at radius 3 is 2.22 bits per heavy atom. The van der Waals surface area contributed by atoms with Crippen molar-refractivity contribution in [3.05, 3.63) is 54.1 Å². The number of piperazine rings is 1. The van der Waals surface area contributed by atoms with Gasteiger partial charge >= 0.3 is 0 Å². The molecule has 0 spiro atoms. The van der Waals surface area contributed by atoms with Gasteiger partial charge < -0.3 is 15.4 Å². The van der Waals surface area contributed by atoms with Crippen LogP contribution in [0.1, 0.15) is 18.5 Å². The average Bonchev–Trinajstić information content (AvgIpc) is 2.62. The molecule has 0 radical (unpaired) electrons. The van der Waals surface area contributed by atoms with E-state index in [0.29, 0.717) is 6.04 Å². The highest BCUT2D eigenvalue weighted by Gasteiger charge is 2.23. The summed E-state index contributed by atoms with van der Waals surface area (Å²) in [6.07, 6.45) is 0. The Balaban J connectivity index is 1.62. The lowest BCUT2D eigenvalue weighted by Gasteiger charge is -2.39. The lowest BCUT2D eigenvalue weighted by atomic mass is 10.0. The number of hydrogen-bond acceptors (Lipinski definition) is 4. The Bertz CT molecular complexity index is 633. The van der Waals surface area contributed by atoms with Crippen molar-refractivity contribution in [2.24, 2.45) is 0 Å². The zero-order valence-corrected chi connectivity index (χ0v) is 13.9. The van der Waals surface area contributed by atoms with Crippen molar-refractivity contribution in [2.75, 3.05) is 43.9 Å². The van der Waals surface area contributed by atoms with Crippen LogP contribution in [0.4, 0.5) is 11.4 Å². The van der Waals surface area contributed by atoms with E-state index in [9.17, 15) is 0 Å². The van der Waals surface area contributed by atoms with E-state index in [2.05, 4.69) is 41.0 Å². The number of nitrogen functional groups attached to an aromatic ring is 1. The second-order valence-electron chi connectivity index (χ2n) is 6.03. The van der Waals surface area contributed by atoms with Crippen LogP contribution in [-0.2, 0) is 0 Å². The van der Waals surface area contributed by atoms with Gasteiger partial charge in [-0.3, -0.25) is 4.90 Å². The van der Waals surface area contributed by atoms with E-state index in [-0.39, 0.29) is 0 Å². The van der Waals surface area contributed by atoms with Gasteiger partial charge in [0.05, 0.1) is 7.11 Å². The molecule has 2 N–H and O–H groups in total. The smallest absolute Gasteiger partial charge is 0.119 e. The molecule has 0 amide bonds. The van der Waals surface area contributed by atoms with Gasteiger partial charge in [0.1, 0.15) is 5.75 Å². The molecule has 0 aliphatic carbocycles. The molecule has 122 valence electrons. The molecule has 2 aromatic carbocycles. The summed E-state index contributed by atoms with van der Waals surface area (Å²) in [5.41, 5.74) is 9.50. The van der Waals surface area contributed by atoms with Crippen molar-refractivity contribution < 1.29 is 4.74 Å². The van der Waals surface area contributed by atoms with Crippen LogP contribution in [-0.4, -0.2) is 38.2 Å². The third-order valence-corrected chi connectivity index (χ3v) is 4.75. The maximum absolute atomic E-state index is 6.12. The first-order valence-electron chi connectivity index (χ1n) is 8.16. The number of benzene rings is 2. The first kappa shape index (κ1) is 15.7. The van der Waals surface area contributed by atoms with Gasteiger partial charge in [0.25, 0.3) is 0 Å². The lowest BCUT2D eigenvalue weighted by molar-refractivity contribution is 0.199. The number of ether oxygens (including phenoxy) is 1. The van der Waals surface area contributed by atoms with E-state index in [1.54, 1.807) is 7.11 Å². The minimum absolute atomic E-state index is 0.356. The number of hydrogen-bond donors (Lipinski definition) is 1. The number of nitrogens with zero attached hydrogens (tertiary/aromatic N) is 2. The van der Waals surface area contributed by atoms with Crippen molar-refractivity contribution >= 4 is 11.4 Å². The fourth-order valence-electron chi connectivity index (χ4n) is 3.25. The molecule has 0 bridgehead atoms. The quantitative estimate of drug-likeness (QED) is 0.881. The maximum atomic E-state index is 6.12.